The molecule has 0 fully saturated rings. The molecule has 0 radical (unpaired) electrons. The van der Waals surface area contributed by atoms with Crippen LogP contribution in [0.3, 0.4) is 0 Å². The highest BCUT2D eigenvalue weighted by atomic mass is 35.5. The van der Waals surface area contributed by atoms with Crippen molar-refractivity contribution in [1.82, 2.24) is 4.90 Å². The molecule has 6 nitrogen and oxygen atoms in total. The molecule has 1 aliphatic rings. The highest BCUT2D eigenvalue weighted by Crippen LogP contribution is 2.03. The quantitative estimate of drug-likeness (QED) is 0.626. The van der Waals surface area contributed by atoms with Gasteiger partial charge in [0, 0.05) is 25.2 Å². The Hall–Kier alpha value is -0.920. The van der Waals surface area contributed by atoms with Gasteiger partial charge in [-0.2, -0.15) is 0 Å². The van der Waals surface area contributed by atoms with Gasteiger partial charge in [-0.05, 0) is 0 Å². The molecule has 2 N–H and O–H groups in total. The topological polar surface area (TPSA) is 97.5 Å². The van der Waals surface area contributed by atoms with Crippen LogP contribution in [-0.2, 0) is 19.4 Å². The molecule has 0 saturated heterocycles. The van der Waals surface area contributed by atoms with E-state index in [9.17, 15) is 18.0 Å². The van der Waals surface area contributed by atoms with Crippen molar-refractivity contribution in [1.29, 1.82) is 0 Å². The molecule has 0 atom stereocenters. The Kier molecular flexibility index (Phi) is 5.63. The van der Waals surface area contributed by atoms with Crippen LogP contribution in [0.5, 0.6) is 0 Å². The zero-order valence-corrected chi connectivity index (χ0v) is 10.1. The molecule has 0 spiro atoms. The molecule has 1 aliphatic heterocycles. The number of amides is 2. The van der Waals surface area contributed by atoms with Crippen LogP contribution in [0.15, 0.2) is 12.2 Å². The van der Waals surface area contributed by atoms with Gasteiger partial charge in [0.1, 0.15) is 0 Å². The molecule has 92 valence electrons. The summed E-state index contributed by atoms with van der Waals surface area (Å²) >= 11 is 0. The summed E-state index contributed by atoms with van der Waals surface area (Å²) in [5.74, 6) is -1.30. The first-order chi connectivity index (χ1) is 6.96. The number of hydrogen-bond donors (Lipinski definition) is 1. The molecule has 1 rings (SSSR count). The molecular formula is C8H13ClN2O4S. The third kappa shape index (κ3) is 3.92. The molecule has 1 heterocycles. The summed E-state index contributed by atoms with van der Waals surface area (Å²) in [7, 11) is -3.26. The Morgan fingerprint density at radius 2 is 1.62 bits per heavy atom. The molecule has 0 saturated carbocycles. The molecule has 16 heavy (non-hydrogen) atoms. The van der Waals surface area contributed by atoms with Gasteiger partial charge >= 0.3 is 0 Å². The maximum absolute atomic E-state index is 11.3. The standard InChI is InChI=1S/C8H12N2O4S.ClH/c9-3-5-15(13,14)6-4-10-7(11)1-2-8(10)12;/h1-2H,3-6,9H2;1H. The number of sulfone groups is 1. The number of halogens is 1. The Labute approximate surface area is 99.8 Å². The Morgan fingerprint density at radius 1 is 1.12 bits per heavy atom. The second-order valence-corrected chi connectivity index (χ2v) is 5.41. The average Bonchev–Trinajstić information content (AvgIpc) is 2.44. The summed E-state index contributed by atoms with van der Waals surface area (Å²) < 4.78 is 22.5. The maximum Gasteiger partial charge on any atom is 0.253 e. The predicted octanol–water partition coefficient (Wildman–Crippen LogP) is -1.29. The minimum Gasteiger partial charge on any atom is -0.329 e. The van der Waals surface area contributed by atoms with Crippen LogP contribution in [0, 0.1) is 0 Å². The van der Waals surface area contributed by atoms with Gasteiger partial charge in [-0.1, -0.05) is 0 Å². The van der Waals surface area contributed by atoms with Gasteiger partial charge in [-0.15, -0.1) is 12.4 Å². The van der Waals surface area contributed by atoms with Crippen molar-refractivity contribution in [2.24, 2.45) is 5.73 Å². The van der Waals surface area contributed by atoms with Crippen molar-refractivity contribution in [3.63, 3.8) is 0 Å². The molecule has 0 aromatic rings. The lowest BCUT2D eigenvalue weighted by Gasteiger charge is -2.13. The van der Waals surface area contributed by atoms with E-state index in [4.69, 9.17) is 5.73 Å². The first-order valence-corrected chi connectivity index (χ1v) is 6.22. The normalized spacial score (nSPS) is 15.4. The summed E-state index contributed by atoms with van der Waals surface area (Å²) in [6.45, 7) is -0.0600. The maximum atomic E-state index is 11.3. The first kappa shape index (κ1) is 15.1. The lowest BCUT2D eigenvalue weighted by molar-refractivity contribution is -0.136. The predicted molar refractivity (Wildman–Crippen MR) is 60.8 cm³/mol. The molecule has 0 unspecified atom stereocenters. The monoisotopic (exact) mass is 268 g/mol. The highest BCUT2D eigenvalue weighted by molar-refractivity contribution is 7.91. The lowest BCUT2D eigenvalue weighted by atomic mass is 10.5. The van der Waals surface area contributed by atoms with E-state index in [-0.39, 0.29) is 37.0 Å². The first-order valence-electron chi connectivity index (χ1n) is 4.40. The zero-order valence-electron chi connectivity index (χ0n) is 8.46. The molecule has 0 bridgehead atoms. The molecule has 0 aromatic heterocycles. The smallest absolute Gasteiger partial charge is 0.253 e. The van der Waals surface area contributed by atoms with Gasteiger partial charge in [0.2, 0.25) is 0 Å². The van der Waals surface area contributed by atoms with E-state index in [0.29, 0.717) is 0 Å². The van der Waals surface area contributed by atoms with Gasteiger partial charge in [-0.25, -0.2) is 8.42 Å². The summed E-state index contributed by atoms with van der Waals surface area (Å²) in [6.07, 6.45) is 2.25. The van der Waals surface area contributed by atoms with Crippen molar-refractivity contribution in [2.75, 3.05) is 24.6 Å². The fourth-order valence-corrected chi connectivity index (χ4v) is 2.19. The van der Waals surface area contributed by atoms with E-state index in [2.05, 4.69) is 0 Å². The molecule has 8 heteroatoms. The lowest BCUT2D eigenvalue weighted by Crippen LogP contribution is -2.35. The van der Waals surface area contributed by atoms with E-state index in [1.807, 2.05) is 0 Å². The number of carbonyl (C=O) groups excluding carboxylic acids is 2. The van der Waals surface area contributed by atoms with Crippen molar-refractivity contribution in [3.05, 3.63) is 12.2 Å². The fourth-order valence-electron chi connectivity index (χ4n) is 1.16. The minimum absolute atomic E-state index is 0. The summed E-state index contributed by atoms with van der Waals surface area (Å²) in [5.41, 5.74) is 5.11. The molecular weight excluding hydrogens is 256 g/mol. The minimum atomic E-state index is -3.26. The average molecular weight is 269 g/mol. The summed E-state index contributed by atoms with van der Waals surface area (Å²) in [6, 6.07) is 0. The third-order valence-electron chi connectivity index (χ3n) is 1.96. The van der Waals surface area contributed by atoms with E-state index >= 15 is 0 Å². The number of nitrogens with zero attached hydrogens (tertiary/aromatic N) is 1. The van der Waals surface area contributed by atoms with Crippen LogP contribution in [0.4, 0.5) is 0 Å². The van der Waals surface area contributed by atoms with Crippen LogP contribution >= 0.6 is 12.4 Å². The highest BCUT2D eigenvalue weighted by Gasteiger charge is 2.24. The second kappa shape index (κ2) is 5.97. The largest absolute Gasteiger partial charge is 0.329 e. The molecule has 2 amide bonds. The van der Waals surface area contributed by atoms with Gasteiger partial charge in [0.05, 0.1) is 11.5 Å². The van der Waals surface area contributed by atoms with E-state index in [1.54, 1.807) is 0 Å². The Morgan fingerprint density at radius 3 is 2.06 bits per heavy atom. The Bertz CT molecular complexity index is 386. The number of rotatable bonds is 5. The molecule has 0 aromatic carbocycles. The number of nitrogens with two attached hydrogens (primary N) is 1. The third-order valence-corrected chi connectivity index (χ3v) is 3.62. The van der Waals surface area contributed by atoms with Crippen molar-refractivity contribution < 1.29 is 18.0 Å². The van der Waals surface area contributed by atoms with Crippen molar-refractivity contribution in [3.8, 4) is 0 Å². The summed E-state index contributed by atoms with van der Waals surface area (Å²) in [4.78, 5) is 23.0. The van der Waals surface area contributed by atoms with Crippen LogP contribution in [0.1, 0.15) is 0 Å². The fraction of sp³-hybridized carbons (Fsp3) is 0.500. The number of hydrogen-bond acceptors (Lipinski definition) is 5. The van der Waals surface area contributed by atoms with Crippen molar-refractivity contribution >= 4 is 34.1 Å². The van der Waals surface area contributed by atoms with Gasteiger partial charge in [0.15, 0.2) is 9.84 Å². The Balaban J connectivity index is 0.00000225. The van der Waals surface area contributed by atoms with Crippen LogP contribution < -0.4 is 5.73 Å². The van der Waals surface area contributed by atoms with E-state index in [1.165, 1.54) is 0 Å². The van der Waals surface area contributed by atoms with Gasteiger partial charge in [0.25, 0.3) is 11.8 Å². The second-order valence-electron chi connectivity index (χ2n) is 3.10. The number of carbonyl (C=O) groups is 2. The van der Waals surface area contributed by atoms with Crippen molar-refractivity contribution in [2.45, 2.75) is 0 Å². The van der Waals surface area contributed by atoms with Crippen LogP contribution in [0.25, 0.3) is 0 Å². The summed E-state index contributed by atoms with van der Waals surface area (Å²) in [5, 5.41) is 0. The molecule has 0 aliphatic carbocycles. The van der Waals surface area contributed by atoms with Gasteiger partial charge < -0.3 is 5.73 Å². The van der Waals surface area contributed by atoms with Crippen LogP contribution in [-0.4, -0.2) is 49.7 Å². The number of imide groups is 1. The van der Waals surface area contributed by atoms with E-state index < -0.39 is 21.7 Å². The van der Waals surface area contributed by atoms with E-state index in [0.717, 1.165) is 17.1 Å². The van der Waals surface area contributed by atoms with Crippen LogP contribution in [0.2, 0.25) is 0 Å². The van der Waals surface area contributed by atoms with Gasteiger partial charge in [-0.3, -0.25) is 14.5 Å². The zero-order chi connectivity index (χ0) is 11.5. The SMILES string of the molecule is Cl.NCCS(=O)(=O)CCN1C(=O)C=CC1=O.